The molecule has 0 radical (unpaired) electrons. The summed E-state index contributed by atoms with van der Waals surface area (Å²) in [7, 11) is 0. The highest BCUT2D eigenvalue weighted by Gasteiger charge is 2.10. The molecule has 0 atom stereocenters. The first-order valence-electron chi connectivity index (χ1n) is 6.10. The predicted octanol–water partition coefficient (Wildman–Crippen LogP) is 2.12. The van der Waals surface area contributed by atoms with E-state index in [0.29, 0.717) is 12.1 Å². The maximum Gasteiger partial charge on any atom is 0.328 e. The lowest BCUT2D eigenvalue weighted by Crippen LogP contribution is -2.24. The van der Waals surface area contributed by atoms with E-state index in [4.69, 9.17) is 5.26 Å². The molecule has 4 nitrogen and oxygen atoms in total. The first-order valence-corrected chi connectivity index (χ1v) is 6.10. The summed E-state index contributed by atoms with van der Waals surface area (Å²) in [5, 5.41) is 8.77. The van der Waals surface area contributed by atoms with Crippen molar-refractivity contribution in [2.75, 3.05) is 0 Å². The summed E-state index contributed by atoms with van der Waals surface area (Å²) in [4.78, 5) is 12.0. The summed E-state index contributed by atoms with van der Waals surface area (Å²) < 4.78 is 16.9. The Hall–Kier alpha value is -2.35. The highest BCUT2D eigenvalue weighted by molar-refractivity contribution is 5.35. The van der Waals surface area contributed by atoms with Crippen molar-refractivity contribution in [1.29, 1.82) is 5.26 Å². The summed E-state index contributed by atoms with van der Waals surface area (Å²) in [5.74, 6) is -0.555. The van der Waals surface area contributed by atoms with E-state index in [2.05, 4.69) is 0 Å². The number of hydrogen-bond acceptors (Lipinski definition) is 2. The highest BCUT2D eigenvalue weighted by atomic mass is 19.1. The first-order chi connectivity index (χ1) is 9.17. The Bertz CT molecular complexity index is 679. The van der Waals surface area contributed by atoms with Gasteiger partial charge in [-0.25, -0.2) is 9.18 Å². The number of hydrogen-bond donors (Lipinski definition) is 0. The normalized spacial score (nSPS) is 10.4. The largest absolute Gasteiger partial charge is 0.328 e. The van der Waals surface area contributed by atoms with Gasteiger partial charge in [-0.15, -0.1) is 0 Å². The quantitative estimate of drug-likeness (QED) is 0.844. The van der Waals surface area contributed by atoms with E-state index < -0.39 is 5.82 Å². The molecule has 1 aromatic heterocycles. The SMILES string of the molecule is CCCn1ccn(Cc2cccc(C#N)c2F)c1=O. The van der Waals surface area contributed by atoms with Crippen LogP contribution in [0.15, 0.2) is 35.4 Å². The number of nitrogens with zero attached hydrogens (tertiary/aromatic N) is 3. The Kier molecular flexibility index (Phi) is 3.81. The second-order valence-corrected chi connectivity index (χ2v) is 4.29. The average Bonchev–Trinajstić information content (AvgIpc) is 2.74. The van der Waals surface area contributed by atoms with Crippen LogP contribution in [-0.2, 0) is 13.1 Å². The molecule has 0 bridgehead atoms. The molecule has 0 aliphatic rings. The topological polar surface area (TPSA) is 50.7 Å². The molecule has 19 heavy (non-hydrogen) atoms. The van der Waals surface area contributed by atoms with E-state index in [1.807, 2.05) is 6.92 Å². The smallest absolute Gasteiger partial charge is 0.299 e. The number of imidazole rings is 1. The van der Waals surface area contributed by atoms with Crippen LogP contribution in [0.2, 0.25) is 0 Å². The zero-order valence-corrected chi connectivity index (χ0v) is 10.6. The van der Waals surface area contributed by atoms with Crippen LogP contribution >= 0.6 is 0 Å². The van der Waals surface area contributed by atoms with Crippen LogP contribution in [0.1, 0.15) is 24.5 Å². The van der Waals surface area contributed by atoms with E-state index in [0.717, 1.165) is 6.42 Å². The molecule has 2 rings (SSSR count). The van der Waals surface area contributed by atoms with Crippen molar-refractivity contribution in [2.24, 2.45) is 0 Å². The van der Waals surface area contributed by atoms with Crippen molar-refractivity contribution in [1.82, 2.24) is 9.13 Å². The second-order valence-electron chi connectivity index (χ2n) is 4.29. The zero-order valence-electron chi connectivity index (χ0n) is 10.6. The standard InChI is InChI=1S/C14H14FN3O/c1-2-6-17-7-8-18(14(17)19)10-12-5-3-4-11(9-16)13(12)15/h3-5,7-8H,2,6,10H2,1H3. The monoisotopic (exact) mass is 259 g/mol. The minimum Gasteiger partial charge on any atom is -0.299 e. The molecular formula is C14H14FN3O. The van der Waals surface area contributed by atoms with Gasteiger partial charge in [-0.1, -0.05) is 19.1 Å². The number of aromatic nitrogens is 2. The van der Waals surface area contributed by atoms with Gasteiger partial charge in [0.05, 0.1) is 12.1 Å². The molecule has 98 valence electrons. The van der Waals surface area contributed by atoms with Crippen LogP contribution in [0.5, 0.6) is 0 Å². The van der Waals surface area contributed by atoms with Crippen molar-refractivity contribution in [3.05, 3.63) is 58.0 Å². The molecule has 0 N–H and O–H groups in total. The molecule has 0 fully saturated rings. The van der Waals surface area contributed by atoms with Crippen LogP contribution < -0.4 is 5.69 Å². The van der Waals surface area contributed by atoms with E-state index in [1.54, 1.807) is 35.2 Å². The molecule has 0 aliphatic heterocycles. The Labute approximate surface area is 110 Å². The summed E-state index contributed by atoms with van der Waals surface area (Å²) in [6.07, 6.45) is 4.19. The Balaban J connectivity index is 2.32. The Morgan fingerprint density at radius 3 is 2.74 bits per heavy atom. The lowest BCUT2D eigenvalue weighted by molar-refractivity contribution is 0.582. The van der Waals surface area contributed by atoms with Gasteiger partial charge in [0.15, 0.2) is 0 Å². The molecule has 5 heteroatoms. The van der Waals surface area contributed by atoms with Gasteiger partial charge in [0.25, 0.3) is 0 Å². The fourth-order valence-electron chi connectivity index (χ4n) is 1.96. The highest BCUT2D eigenvalue weighted by Crippen LogP contribution is 2.12. The van der Waals surface area contributed by atoms with Crippen LogP contribution in [0.25, 0.3) is 0 Å². The van der Waals surface area contributed by atoms with E-state index >= 15 is 0 Å². The summed E-state index contributed by atoms with van der Waals surface area (Å²) in [5.41, 5.74) is 0.178. The van der Waals surface area contributed by atoms with E-state index in [9.17, 15) is 9.18 Å². The van der Waals surface area contributed by atoms with Crippen LogP contribution in [0.4, 0.5) is 4.39 Å². The van der Waals surface area contributed by atoms with Gasteiger partial charge in [0.1, 0.15) is 11.9 Å². The van der Waals surface area contributed by atoms with Gasteiger partial charge in [-0.05, 0) is 12.5 Å². The van der Waals surface area contributed by atoms with Gasteiger partial charge < -0.3 is 0 Å². The number of rotatable bonds is 4. The third-order valence-electron chi connectivity index (χ3n) is 2.92. The number of nitriles is 1. The first kappa shape index (κ1) is 13.1. The predicted molar refractivity (Wildman–Crippen MR) is 69.2 cm³/mol. The van der Waals surface area contributed by atoms with Gasteiger partial charge in [0.2, 0.25) is 0 Å². The number of benzene rings is 1. The summed E-state index contributed by atoms with van der Waals surface area (Å²) in [6.45, 7) is 2.77. The summed E-state index contributed by atoms with van der Waals surface area (Å²) >= 11 is 0. The van der Waals surface area contributed by atoms with Gasteiger partial charge in [-0.2, -0.15) is 5.26 Å². The van der Waals surface area contributed by atoms with Crippen LogP contribution in [0, 0.1) is 17.1 Å². The lowest BCUT2D eigenvalue weighted by Gasteiger charge is -2.05. The lowest BCUT2D eigenvalue weighted by atomic mass is 10.1. The van der Waals surface area contributed by atoms with Crippen molar-refractivity contribution >= 4 is 0 Å². The maximum absolute atomic E-state index is 13.9. The third-order valence-corrected chi connectivity index (χ3v) is 2.92. The van der Waals surface area contributed by atoms with Gasteiger partial charge in [-0.3, -0.25) is 9.13 Å². The molecule has 1 aromatic carbocycles. The van der Waals surface area contributed by atoms with Crippen molar-refractivity contribution in [2.45, 2.75) is 26.4 Å². The molecule has 0 saturated heterocycles. The van der Waals surface area contributed by atoms with Crippen LogP contribution in [0.3, 0.4) is 0 Å². The molecule has 0 unspecified atom stereocenters. The molecule has 0 saturated carbocycles. The van der Waals surface area contributed by atoms with E-state index in [1.165, 1.54) is 10.6 Å². The van der Waals surface area contributed by atoms with Crippen molar-refractivity contribution in [3.8, 4) is 6.07 Å². The Morgan fingerprint density at radius 1 is 1.32 bits per heavy atom. The fourth-order valence-corrected chi connectivity index (χ4v) is 1.96. The van der Waals surface area contributed by atoms with Gasteiger partial charge in [0, 0.05) is 24.5 Å². The fraction of sp³-hybridized carbons (Fsp3) is 0.286. The molecular weight excluding hydrogens is 245 g/mol. The van der Waals surface area contributed by atoms with E-state index in [-0.39, 0.29) is 17.8 Å². The summed E-state index contributed by atoms with van der Waals surface area (Å²) in [6, 6.07) is 6.41. The molecule has 0 spiro atoms. The Morgan fingerprint density at radius 2 is 2.05 bits per heavy atom. The molecule has 1 heterocycles. The zero-order chi connectivity index (χ0) is 13.8. The average molecular weight is 259 g/mol. The van der Waals surface area contributed by atoms with Crippen molar-refractivity contribution in [3.63, 3.8) is 0 Å². The third kappa shape index (κ3) is 2.58. The number of aryl methyl sites for hydroxylation is 1. The minimum atomic E-state index is -0.555. The maximum atomic E-state index is 13.9. The minimum absolute atomic E-state index is 0.00135. The molecule has 2 aromatic rings. The van der Waals surface area contributed by atoms with Crippen molar-refractivity contribution < 1.29 is 4.39 Å². The second kappa shape index (κ2) is 5.53. The molecule has 0 amide bonds. The number of halogens is 1. The van der Waals surface area contributed by atoms with Crippen LogP contribution in [-0.4, -0.2) is 9.13 Å². The van der Waals surface area contributed by atoms with Gasteiger partial charge >= 0.3 is 5.69 Å². The molecule has 0 aliphatic carbocycles.